The number of anilines is 1. The van der Waals surface area contributed by atoms with Crippen LogP contribution in [0.1, 0.15) is 36.2 Å². The quantitative estimate of drug-likeness (QED) is 0.133. The van der Waals surface area contributed by atoms with E-state index < -0.39 is 58.4 Å². The van der Waals surface area contributed by atoms with Gasteiger partial charge in [0.25, 0.3) is 0 Å². The van der Waals surface area contributed by atoms with Gasteiger partial charge in [-0.15, -0.1) is 0 Å². The van der Waals surface area contributed by atoms with E-state index in [1.165, 1.54) is 24.3 Å². The number of halogens is 4. The minimum absolute atomic E-state index is 0.00675. The van der Waals surface area contributed by atoms with E-state index in [1.54, 1.807) is 31.2 Å². The third-order valence-corrected chi connectivity index (χ3v) is 7.12. The Kier molecular flexibility index (Phi) is 9.84. The van der Waals surface area contributed by atoms with Crippen molar-refractivity contribution in [3.8, 4) is 5.75 Å². The molecule has 3 aromatic carbocycles. The number of esters is 1. The van der Waals surface area contributed by atoms with Crippen molar-refractivity contribution in [2.75, 3.05) is 18.5 Å². The van der Waals surface area contributed by atoms with Crippen molar-refractivity contribution in [2.45, 2.75) is 32.1 Å². The summed E-state index contributed by atoms with van der Waals surface area (Å²) in [7, 11) is 0. The van der Waals surface area contributed by atoms with E-state index in [4.69, 9.17) is 9.47 Å². The molecule has 0 unspecified atom stereocenters. The van der Waals surface area contributed by atoms with E-state index in [0.29, 0.717) is 29.8 Å². The lowest BCUT2D eigenvalue weighted by Crippen LogP contribution is -2.33. The Labute approximate surface area is 242 Å². The van der Waals surface area contributed by atoms with Crippen LogP contribution in [0.5, 0.6) is 5.75 Å². The van der Waals surface area contributed by atoms with E-state index in [-0.39, 0.29) is 23.8 Å². The van der Waals surface area contributed by atoms with Crippen molar-refractivity contribution in [2.24, 2.45) is 4.99 Å². The van der Waals surface area contributed by atoms with Gasteiger partial charge in [-0.05, 0) is 68.4 Å². The van der Waals surface area contributed by atoms with E-state index in [9.17, 15) is 31.9 Å². The molecule has 2 amide bonds. The van der Waals surface area contributed by atoms with Crippen LogP contribution < -0.4 is 10.1 Å². The van der Waals surface area contributed by atoms with Crippen LogP contribution in [0.4, 0.5) is 28.9 Å². The molecular weight excluding hydrogens is 578 g/mol. The minimum atomic E-state index is -2.01. The number of nitrogens with zero attached hydrogens (tertiary/aromatic N) is 2. The topological polar surface area (TPSA) is 97.3 Å². The van der Waals surface area contributed by atoms with Crippen molar-refractivity contribution < 1.29 is 41.4 Å². The molecule has 0 saturated carbocycles. The van der Waals surface area contributed by atoms with Crippen LogP contribution in [-0.4, -0.2) is 46.3 Å². The van der Waals surface area contributed by atoms with Crippen LogP contribution in [-0.2, 0) is 20.9 Å². The SMILES string of the molecule is CCOC(=O)c1ccc(N=C2S[C@H](CC(=O)Nc3ccc(OCC)cc3)C(=O)N2Cc2cc(F)c(F)c(F)c2F)cc1. The Morgan fingerprint density at radius 2 is 1.64 bits per heavy atom. The second kappa shape index (κ2) is 13.5. The molecular formula is C29H25F4N3O5S. The molecule has 42 heavy (non-hydrogen) atoms. The van der Waals surface area contributed by atoms with Gasteiger partial charge in [0.05, 0.1) is 31.0 Å². The lowest BCUT2D eigenvalue weighted by atomic mass is 10.1. The predicted molar refractivity (Wildman–Crippen MR) is 149 cm³/mol. The lowest BCUT2D eigenvalue weighted by Gasteiger charge is -2.17. The van der Waals surface area contributed by atoms with Gasteiger partial charge in [-0.1, -0.05) is 11.8 Å². The Hall–Kier alpha value is -4.39. The summed E-state index contributed by atoms with van der Waals surface area (Å²) in [5, 5.41) is 1.68. The van der Waals surface area contributed by atoms with Gasteiger partial charge in [0.2, 0.25) is 11.8 Å². The number of carbonyl (C=O) groups excluding carboxylic acids is 3. The number of nitrogens with one attached hydrogen (secondary N) is 1. The van der Waals surface area contributed by atoms with Crippen molar-refractivity contribution in [3.63, 3.8) is 0 Å². The number of hydrogen-bond acceptors (Lipinski definition) is 7. The Morgan fingerprint density at radius 3 is 2.29 bits per heavy atom. The van der Waals surface area contributed by atoms with Gasteiger partial charge in [-0.25, -0.2) is 27.3 Å². The highest BCUT2D eigenvalue weighted by Crippen LogP contribution is 2.34. The van der Waals surface area contributed by atoms with Crippen molar-refractivity contribution in [1.82, 2.24) is 4.90 Å². The molecule has 1 fully saturated rings. The van der Waals surface area contributed by atoms with Crippen molar-refractivity contribution in [3.05, 3.63) is 89.0 Å². The third kappa shape index (κ3) is 7.08. The van der Waals surface area contributed by atoms with Crippen LogP contribution in [0.3, 0.4) is 0 Å². The molecule has 0 aliphatic carbocycles. The van der Waals surface area contributed by atoms with Crippen LogP contribution in [0, 0.1) is 23.3 Å². The summed E-state index contributed by atoms with van der Waals surface area (Å²) in [6.07, 6.45) is -0.303. The Balaban J connectivity index is 1.58. The number of thioether (sulfide) groups is 1. The largest absolute Gasteiger partial charge is 0.494 e. The molecule has 13 heteroatoms. The van der Waals surface area contributed by atoms with E-state index in [1.807, 2.05) is 6.92 Å². The van der Waals surface area contributed by atoms with Gasteiger partial charge < -0.3 is 14.8 Å². The minimum Gasteiger partial charge on any atom is -0.494 e. The molecule has 0 spiro atoms. The molecule has 0 bridgehead atoms. The first-order valence-electron chi connectivity index (χ1n) is 12.8. The predicted octanol–water partition coefficient (Wildman–Crippen LogP) is 5.98. The van der Waals surface area contributed by atoms with E-state index in [0.717, 1.165) is 16.7 Å². The zero-order chi connectivity index (χ0) is 30.4. The molecule has 0 radical (unpaired) electrons. The van der Waals surface area contributed by atoms with Gasteiger partial charge in [0.15, 0.2) is 28.4 Å². The molecule has 0 aromatic heterocycles. The van der Waals surface area contributed by atoms with E-state index in [2.05, 4.69) is 10.3 Å². The second-order valence-corrected chi connectivity index (χ2v) is 10.0. The maximum atomic E-state index is 14.5. The van der Waals surface area contributed by atoms with Crippen molar-refractivity contribution >= 4 is 46.1 Å². The fraction of sp³-hybridized carbons (Fsp3) is 0.241. The number of benzene rings is 3. The first kappa shape index (κ1) is 30.6. The summed E-state index contributed by atoms with van der Waals surface area (Å²) in [4.78, 5) is 43.5. The maximum Gasteiger partial charge on any atom is 0.338 e. The van der Waals surface area contributed by atoms with Crippen LogP contribution in [0.25, 0.3) is 0 Å². The number of carbonyl (C=O) groups is 3. The average Bonchev–Trinajstić information content (AvgIpc) is 3.25. The molecule has 4 rings (SSSR count). The Morgan fingerprint density at radius 1 is 0.952 bits per heavy atom. The zero-order valence-electron chi connectivity index (χ0n) is 22.5. The molecule has 1 aliphatic rings. The number of aliphatic imine (C=N–C) groups is 1. The van der Waals surface area contributed by atoms with Gasteiger partial charge >= 0.3 is 5.97 Å². The lowest BCUT2D eigenvalue weighted by molar-refractivity contribution is -0.128. The smallest absolute Gasteiger partial charge is 0.338 e. The maximum absolute atomic E-state index is 14.5. The summed E-state index contributed by atoms with van der Waals surface area (Å²) in [6.45, 7) is 3.48. The van der Waals surface area contributed by atoms with Crippen molar-refractivity contribution in [1.29, 1.82) is 0 Å². The zero-order valence-corrected chi connectivity index (χ0v) is 23.3. The molecule has 1 N–H and O–H groups in total. The number of ether oxygens (including phenoxy) is 2. The molecule has 3 aromatic rings. The van der Waals surface area contributed by atoms with E-state index >= 15 is 0 Å². The molecule has 1 saturated heterocycles. The Bertz CT molecular complexity index is 1520. The summed E-state index contributed by atoms with van der Waals surface area (Å²) in [5.74, 6) is -8.36. The molecule has 220 valence electrons. The third-order valence-electron chi connectivity index (χ3n) is 5.95. The second-order valence-electron chi connectivity index (χ2n) is 8.86. The monoisotopic (exact) mass is 603 g/mol. The van der Waals surface area contributed by atoms with Gasteiger partial charge in [0, 0.05) is 17.7 Å². The van der Waals surface area contributed by atoms with Gasteiger partial charge in [-0.2, -0.15) is 0 Å². The molecule has 1 heterocycles. The highest BCUT2D eigenvalue weighted by molar-refractivity contribution is 8.15. The van der Waals surface area contributed by atoms with Crippen LogP contribution in [0.2, 0.25) is 0 Å². The first-order chi connectivity index (χ1) is 20.1. The van der Waals surface area contributed by atoms with Gasteiger partial charge in [0.1, 0.15) is 11.0 Å². The van der Waals surface area contributed by atoms with Crippen LogP contribution >= 0.6 is 11.8 Å². The molecule has 8 nitrogen and oxygen atoms in total. The first-order valence-corrected chi connectivity index (χ1v) is 13.7. The fourth-order valence-corrected chi connectivity index (χ4v) is 5.11. The fourth-order valence-electron chi connectivity index (χ4n) is 3.96. The highest BCUT2D eigenvalue weighted by atomic mass is 32.2. The number of amidine groups is 1. The number of amides is 2. The summed E-state index contributed by atoms with van der Waals surface area (Å²) >= 11 is 0.895. The van der Waals surface area contributed by atoms with Crippen LogP contribution in [0.15, 0.2) is 59.6 Å². The standard InChI is InChI=1S/C29H25F4N3O5S/c1-3-40-20-11-9-18(10-12-20)34-23(37)14-22-27(38)36(15-17-13-21(30)25(32)26(33)24(17)31)29(42-22)35-19-7-5-16(6-8-19)28(39)41-4-2/h5-13,22H,3-4,14-15H2,1-2H3,(H,34,37)/t22-/m1/s1. The summed E-state index contributed by atoms with van der Waals surface area (Å²) in [5.41, 5.74) is 0.395. The highest BCUT2D eigenvalue weighted by Gasteiger charge is 2.40. The normalized spacial score (nSPS) is 15.7. The summed E-state index contributed by atoms with van der Waals surface area (Å²) < 4.78 is 66.2. The summed E-state index contributed by atoms with van der Waals surface area (Å²) in [6, 6.07) is 12.9. The van der Waals surface area contributed by atoms with Gasteiger partial charge in [-0.3, -0.25) is 14.5 Å². The molecule has 1 atom stereocenters. The average molecular weight is 604 g/mol. The molecule has 1 aliphatic heterocycles. The number of rotatable bonds is 10. The number of hydrogen-bond donors (Lipinski definition) is 1.